The first kappa shape index (κ1) is 11.6. The Hall–Kier alpha value is -0.450. The highest BCUT2D eigenvalue weighted by molar-refractivity contribution is 9.10. The summed E-state index contributed by atoms with van der Waals surface area (Å²) >= 11 is 3.32. The Morgan fingerprint density at radius 1 is 1.43 bits per heavy atom. The van der Waals surface area contributed by atoms with Crippen molar-refractivity contribution in [1.82, 2.24) is 10.6 Å². The first-order chi connectivity index (χ1) is 6.74. The Kier molecular flexibility index (Phi) is 5.07. The van der Waals surface area contributed by atoms with Crippen molar-refractivity contribution in [3.05, 3.63) is 34.1 Å². The van der Waals surface area contributed by atoms with Gasteiger partial charge >= 0.3 is 0 Å². The van der Waals surface area contributed by atoms with Crippen molar-refractivity contribution in [3.8, 4) is 0 Å². The van der Waals surface area contributed by atoms with Gasteiger partial charge in [0.2, 0.25) is 0 Å². The zero-order chi connectivity index (χ0) is 10.4. The molecule has 0 aromatic heterocycles. The monoisotopic (exact) mass is 260 g/mol. The molecule has 78 valence electrons. The molecule has 0 aliphatic carbocycles. The fraction of sp³-hybridized carbons (Fsp3) is 0.400. The Morgan fingerprint density at radius 2 is 2.21 bits per heavy atom. The van der Waals surface area contributed by atoms with Crippen LogP contribution in [0.1, 0.15) is 5.56 Å². The maximum Gasteiger partial charge on any atom is 0.126 e. The highest BCUT2D eigenvalue weighted by atomic mass is 79.9. The summed E-state index contributed by atoms with van der Waals surface area (Å²) < 4.78 is 14.1. The molecule has 0 radical (unpaired) electrons. The van der Waals surface area contributed by atoms with Gasteiger partial charge in [0.15, 0.2) is 0 Å². The lowest BCUT2D eigenvalue weighted by atomic mass is 10.1. The van der Waals surface area contributed by atoms with Gasteiger partial charge in [0.05, 0.1) is 0 Å². The van der Waals surface area contributed by atoms with E-state index in [-0.39, 0.29) is 5.82 Å². The molecule has 0 saturated carbocycles. The standard InChI is InChI=1S/C10H14BrFN2/c1-13-7-14-5-4-8-6-9(11)2-3-10(8)12/h2-3,6,13-14H,4-5,7H2,1H3. The Balaban J connectivity index is 2.45. The molecule has 0 amide bonds. The van der Waals surface area contributed by atoms with Crippen molar-refractivity contribution in [3.63, 3.8) is 0 Å². The molecule has 0 bridgehead atoms. The van der Waals surface area contributed by atoms with Gasteiger partial charge in [0.1, 0.15) is 5.82 Å². The molecule has 1 aromatic rings. The van der Waals surface area contributed by atoms with E-state index in [1.165, 1.54) is 6.07 Å². The second-order valence-electron chi connectivity index (χ2n) is 3.02. The quantitative estimate of drug-likeness (QED) is 0.625. The third-order valence-corrected chi connectivity index (χ3v) is 2.37. The molecule has 0 fully saturated rings. The molecule has 0 unspecified atom stereocenters. The van der Waals surface area contributed by atoms with E-state index in [1.54, 1.807) is 6.07 Å². The van der Waals surface area contributed by atoms with E-state index in [4.69, 9.17) is 0 Å². The molecule has 14 heavy (non-hydrogen) atoms. The van der Waals surface area contributed by atoms with Crippen molar-refractivity contribution < 1.29 is 4.39 Å². The van der Waals surface area contributed by atoms with E-state index in [9.17, 15) is 4.39 Å². The van der Waals surface area contributed by atoms with Crippen molar-refractivity contribution in [2.45, 2.75) is 6.42 Å². The lowest BCUT2D eigenvalue weighted by Gasteiger charge is -2.05. The van der Waals surface area contributed by atoms with Crippen LogP contribution in [0.15, 0.2) is 22.7 Å². The summed E-state index contributed by atoms with van der Waals surface area (Å²) in [4.78, 5) is 0. The summed E-state index contributed by atoms with van der Waals surface area (Å²) in [5.74, 6) is -0.139. The minimum absolute atomic E-state index is 0.139. The molecule has 1 rings (SSSR count). The zero-order valence-electron chi connectivity index (χ0n) is 8.11. The van der Waals surface area contributed by atoms with E-state index >= 15 is 0 Å². The number of rotatable bonds is 5. The van der Waals surface area contributed by atoms with Gasteiger partial charge in [0, 0.05) is 17.7 Å². The van der Waals surface area contributed by atoms with Gasteiger partial charge in [-0.25, -0.2) is 4.39 Å². The number of halogens is 2. The highest BCUT2D eigenvalue weighted by Crippen LogP contribution is 2.15. The smallest absolute Gasteiger partial charge is 0.126 e. The normalized spacial score (nSPS) is 10.5. The van der Waals surface area contributed by atoms with Gasteiger partial charge in [-0.15, -0.1) is 0 Å². The van der Waals surface area contributed by atoms with Crippen molar-refractivity contribution >= 4 is 15.9 Å². The van der Waals surface area contributed by atoms with Crippen molar-refractivity contribution in [2.24, 2.45) is 0 Å². The van der Waals surface area contributed by atoms with E-state index in [0.717, 1.165) is 23.2 Å². The molecule has 0 aliphatic heterocycles. The minimum Gasteiger partial charge on any atom is -0.308 e. The first-order valence-corrected chi connectivity index (χ1v) is 5.32. The summed E-state index contributed by atoms with van der Waals surface area (Å²) in [6, 6.07) is 5.01. The lowest BCUT2D eigenvalue weighted by Crippen LogP contribution is -2.27. The molecular formula is C10H14BrFN2. The average molecular weight is 261 g/mol. The largest absolute Gasteiger partial charge is 0.308 e. The number of benzene rings is 1. The average Bonchev–Trinajstić information content (AvgIpc) is 2.18. The second kappa shape index (κ2) is 6.11. The topological polar surface area (TPSA) is 24.1 Å². The van der Waals surface area contributed by atoms with Crippen LogP contribution in [0.3, 0.4) is 0 Å². The summed E-state index contributed by atoms with van der Waals surface area (Å²) in [6.07, 6.45) is 0.701. The maximum absolute atomic E-state index is 13.2. The van der Waals surface area contributed by atoms with E-state index in [0.29, 0.717) is 6.42 Å². The van der Waals surface area contributed by atoms with Gasteiger partial charge in [-0.05, 0) is 37.2 Å². The van der Waals surface area contributed by atoms with Crippen LogP contribution in [0.25, 0.3) is 0 Å². The van der Waals surface area contributed by atoms with Crippen LogP contribution in [0.5, 0.6) is 0 Å². The second-order valence-corrected chi connectivity index (χ2v) is 3.93. The minimum atomic E-state index is -0.139. The molecule has 4 heteroatoms. The van der Waals surface area contributed by atoms with Crippen LogP contribution in [0.2, 0.25) is 0 Å². The molecule has 0 aliphatic rings. The lowest BCUT2D eigenvalue weighted by molar-refractivity contribution is 0.588. The molecule has 1 aromatic carbocycles. The zero-order valence-corrected chi connectivity index (χ0v) is 9.70. The highest BCUT2D eigenvalue weighted by Gasteiger charge is 2.01. The van der Waals surface area contributed by atoms with Crippen LogP contribution in [0, 0.1) is 5.82 Å². The predicted molar refractivity (Wildman–Crippen MR) is 59.7 cm³/mol. The Morgan fingerprint density at radius 3 is 2.93 bits per heavy atom. The molecule has 0 atom stereocenters. The molecule has 2 N–H and O–H groups in total. The van der Waals surface area contributed by atoms with Crippen LogP contribution in [0.4, 0.5) is 4.39 Å². The van der Waals surface area contributed by atoms with Gasteiger partial charge in [-0.3, -0.25) is 0 Å². The van der Waals surface area contributed by atoms with Gasteiger partial charge in [-0.1, -0.05) is 15.9 Å². The molecule has 0 heterocycles. The van der Waals surface area contributed by atoms with Crippen LogP contribution in [-0.4, -0.2) is 20.3 Å². The van der Waals surface area contributed by atoms with Gasteiger partial charge in [0.25, 0.3) is 0 Å². The third-order valence-electron chi connectivity index (χ3n) is 1.88. The SMILES string of the molecule is CNCNCCc1cc(Br)ccc1F. The van der Waals surface area contributed by atoms with Crippen molar-refractivity contribution in [2.75, 3.05) is 20.3 Å². The number of hydrogen-bond acceptors (Lipinski definition) is 2. The Bertz CT molecular complexity index is 291. The van der Waals surface area contributed by atoms with E-state index in [1.807, 2.05) is 13.1 Å². The summed E-state index contributed by atoms with van der Waals surface area (Å²) in [5.41, 5.74) is 0.739. The van der Waals surface area contributed by atoms with Crippen LogP contribution >= 0.6 is 15.9 Å². The van der Waals surface area contributed by atoms with Crippen LogP contribution in [-0.2, 0) is 6.42 Å². The predicted octanol–water partition coefficient (Wildman–Crippen LogP) is 1.90. The summed E-state index contributed by atoms with van der Waals surface area (Å²) in [6.45, 7) is 1.52. The van der Waals surface area contributed by atoms with Crippen LogP contribution < -0.4 is 10.6 Å². The first-order valence-electron chi connectivity index (χ1n) is 4.53. The van der Waals surface area contributed by atoms with Crippen molar-refractivity contribution in [1.29, 1.82) is 0 Å². The molecule has 0 spiro atoms. The molecule has 0 saturated heterocycles. The molecular weight excluding hydrogens is 247 g/mol. The fourth-order valence-corrected chi connectivity index (χ4v) is 1.58. The maximum atomic E-state index is 13.2. The number of hydrogen-bond donors (Lipinski definition) is 2. The van der Waals surface area contributed by atoms with Gasteiger partial charge in [-0.2, -0.15) is 0 Å². The van der Waals surface area contributed by atoms with E-state index in [2.05, 4.69) is 26.6 Å². The number of nitrogens with one attached hydrogen (secondary N) is 2. The Labute approximate surface area is 92.0 Å². The molecule has 2 nitrogen and oxygen atoms in total. The summed E-state index contributed by atoms with van der Waals surface area (Å²) in [5, 5.41) is 6.10. The summed E-state index contributed by atoms with van der Waals surface area (Å²) in [7, 11) is 1.87. The fourth-order valence-electron chi connectivity index (χ4n) is 1.17. The van der Waals surface area contributed by atoms with E-state index < -0.39 is 0 Å². The van der Waals surface area contributed by atoms with Gasteiger partial charge < -0.3 is 10.6 Å². The third kappa shape index (κ3) is 3.74.